The smallest absolute Gasteiger partial charge is 0.338 e. The third kappa shape index (κ3) is 6.22. The number of nitrogens with one attached hydrogen (secondary N) is 2. The van der Waals surface area contributed by atoms with Crippen LogP contribution in [0.15, 0.2) is 24.3 Å². The molecule has 1 aromatic carbocycles. The maximum absolute atomic E-state index is 11.4. The monoisotopic (exact) mass is 286 g/mol. The van der Waals surface area contributed by atoms with E-state index in [0.29, 0.717) is 25.3 Å². The highest BCUT2D eigenvalue weighted by atomic mass is 35.5. The van der Waals surface area contributed by atoms with Crippen LogP contribution in [-0.4, -0.2) is 32.1 Å². The van der Waals surface area contributed by atoms with Crippen molar-refractivity contribution in [1.29, 1.82) is 0 Å². The third-order valence-electron chi connectivity index (χ3n) is 2.29. The van der Waals surface area contributed by atoms with Gasteiger partial charge < -0.3 is 15.4 Å². The van der Waals surface area contributed by atoms with E-state index in [9.17, 15) is 9.59 Å². The largest absolute Gasteiger partial charge is 0.462 e. The Kier molecular flexibility index (Phi) is 8.57. The number of esters is 1. The van der Waals surface area contributed by atoms with Crippen molar-refractivity contribution >= 4 is 24.3 Å². The Labute approximate surface area is 119 Å². The van der Waals surface area contributed by atoms with Crippen LogP contribution >= 0.6 is 12.4 Å². The molecule has 1 amide bonds. The molecule has 0 spiro atoms. The van der Waals surface area contributed by atoms with Gasteiger partial charge in [-0.15, -0.1) is 12.4 Å². The molecule has 19 heavy (non-hydrogen) atoms. The highest BCUT2D eigenvalue weighted by Gasteiger charge is 2.05. The van der Waals surface area contributed by atoms with Crippen LogP contribution < -0.4 is 10.6 Å². The fourth-order valence-electron chi connectivity index (χ4n) is 1.40. The summed E-state index contributed by atoms with van der Waals surface area (Å²) in [5.41, 5.74) is 1.45. The summed E-state index contributed by atoms with van der Waals surface area (Å²) in [5.74, 6) is -0.393. The number of amides is 1. The van der Waals surface area contributed by atoms with E-state index in [2.05, 4.69) is 10.6 Å². The first-order valence-corrected chi connectivity index (χ1v) is 5.84. The lowest BCUT2D eigenvalue weighted by Crippen LogP contribution is -2.31. The van der Waals surface area contributed by atoms with Gasteiger partial charge in [-0.25, -0.2) is 4.79 Å². The Balaban J connectivity index is 0.00000324. The first-order chi connectivity index (χ1) is 8.67. The number of hydrogen-bond acceptors (Lipinski definition) is 4. The molecule has 0 aliphatic rings. The summed E-state index contributed by atoms with van der Waals surface area (Å²) in [7, 11) is 1.72. The summed E-state index contributed by atoms with van der Waals surface area (Å²) in [6.07, 6.45) is 0. The van der Waals surface area contributed by atoms with Gasteiger partial charge in [0.1, 0.15) is 0 Å². The van der Waals surface area contributed by atoms with Crippen molar-refractivity contribution in [2.75, 3.05) is 20.2 Å². The molecule has 2 N–H and O–H groups in total. The molecule has 0 saturated heterocycles. The van der Waals surface area contributed by atoms with Gasteiger partial charge in [0.05, 0.1) is 18.7 Å². The van der Waals surface area contributed by atoms with E-state index in [1.54, 1.807) is 38.2 Å². The molecule has 0 radical (unpaired) electrons. The number of benzene rings is 1. The van der Waals surface area contributed by atoms with E-state index in [1.807, 2.05) is 0 Å². The highest BCUT2D eigenvalue weighted by Crippen LogP contribution is 2.05. The molecule has 0 fully saturated rings. The van der Waals surface area contributed by atoms with Crippen LogP contribution in [0.3, 0.4) is 0 Å². The van der Waals surface area contributed by atoms with Crippen LogP contribution in [0.5, 0.6) is 0 Å². The quantitative estimate of drug-likeness (QED) is 0.769. The van der Waals surface area contributed by atoms with Crippen molar-refractivity contribution in [3.8, 4) is 0 Å². The van der Waals surface area contributed by atoms with Crippen molar-refractivity contribution in [3.63, 3.8) is 0 Å². The maximum Gasteiger partial charge on any atom is 0.338 e. The molecule has 0 aliphatic carbocycles. The van der Waals surface area contributed by atoms with Gasteiger partial charge in [-0.05, 0) is 31.7 Å². The van der Waals surface area contributed by atoms with Gasteiger partial charge in [0.25, 0.3) is 0 Å². The van der Waals surface area contributed by atoms with Gasteiger partial charge in [-0.2, -0.15) is 0 Å². The van der Waals surface area contributed by atoms with Crippen molar-refractivity contribution in [2.45, 2.75) is 13.5 Å². The summed E-state index contributed by atoms with van der Waals surface area (Å²) >= 11 is 0. The summed E-state index contributed by atoms with van der Waals surface area (Å²) in [5, 5.41) is 5.52. The van der Waals surface area contributed by atoms with Gasteiger partial charge in [0, 0.05) is 6.54 Å². The van der Waals surface area contributed by atoms with E-state index < -0.39 is 0 Å². The molecule has 0 aromatic heterocycles. The third-order valence-corrected chi connectivity index (χ3v) is 2.29. The molecule has 0 heterocycles. The van der Waals surface area contributed by atoms with E-state index in [1.165, 1.54) is 0 Å². The van der Waals surface area contributed by atoms with Crippen LogP contribution in [0.2, 0.25) is 0 Å². The minimum Gasteiger partial charge on any atom is -0.462 e. The van der Waals surface area contributed by atoms with Crippen molar-refractivity contribution in [3.05, 3.63) is 35.4 Å². The minimum absolute atomic E-state index is 0. The summed E-state index contributed by atoms with van der Waals surface area (Å²) < 4.78 is 4.88. The lowest BCUT2D eigenvalue weighted by Gasteiger charge is -2.06. The van der Waals surface area contributed by atoms with Gasteiger partial charge >= 0.3 is 5.97 Å². The molecule has 1 aromatic rings. The number of carbonyl (C=O) groups excluding carboxylic acids is 2. The molecule has 106 valence electrons. The standard InChI is InChI=1S/C13H18N2O3.ClH/c1-3-18-13(17)11-6-4-10(5-7-11)8-15-12(16)9-14-2;/h4-7,14H,3,8-9H2,1-2H3,(H,15,16);1H. The van der Waals surface area contributed by atoms with Gasteiger partial charge in [-0.1, -0.05) is 12.1 Å². The van der Waals surface area contributed by atoms with Gasteiger partial charge in [-0.3, -0.25) is 4.79 Å². The Morgan fingerprint density at radius 1 is 1.21 bits per heavy atom. The second-order valence-corrected chi connectivity index (χ2v) is 3.72. The first-order valence-electron chi connectivity index (χ1n) is 5.84. The molecule has 5 nitrogen and oxygen atoms in total. The molecule has 0 unspecified atom stereocenters. The normalized spacial score (nSPS) is 9.37. The molecular formula is C13H19ClN2O3. The van der Waals surface area contributed by atoms with Crippen molar-refractivity contribution in [1.82, 2.24) is 10.6 Å². The van der Waals surface area contributed by atoms with E-state index in [4.69, 9.17) is 4.74 Å². The second-order valence-electron chi connectivity index (χ2n) is 3.72. The first kappa shape index (κ1) is 17.4. The molecular weight excluding hydrogens is 268 g/mol. The molecule has 1 rings (SSSR count). The van der Waals surface area contributed by atoms with Crippen LogP contribution in [0.25, 0.3) is 0 Å². The van der Waals surface area contributed by atoms with Crippen molar-refractivity contribution in [2.24, 2.45) is 0 Å². The van der Waals surface area contributed by atoms with E-state index in [0.717, 1.165) is 5.56 Å². The topological polar surface area (TPSA) is 67.4 Å². The maximum atomic E-state index is 11.4. The lowest BCUT2D eigenvalue weighted by molar-refractivity contribution is -0.120. The number of ether oxygens (including phenoxy) is 1. The minimum atomic E-state index is -0.330. The SMILES string of the molecule is CCOC(=O)c1ccc(CNC(=O)CNC)cc1.Cl. The van der Waals surface area contributed by atoms with Gasteiger partial charge in [0.2, 0.25) is 5.91 Å². The molecule has 6 heteroatoms. The van der Waals surface area contributed by atoms with E-state index >= 15 is 0 Å². The molecule has 0 atom stereocenters. The zero-order valence-corrected chi connectivity index (χ0v) is 11.9. The Bertz CT molecular complexity index is 407. The average Bonchev–Trinajstić information content (AvgIpc) is 2.37. The average molecular weight is 287 g/mol. The predicted octanol–water partition coefficient (Wildman–Crippen LogP) is 1.12. The highest BCUT2D eigenvalue weighted by molar-refractivity contribution is 5.89. The molecule has 0 saturated carbocycles. The summed E-state index contributed by atoms with van der Waals surface area (Å²) in [6.45, 7) is 2.87. The fourth-order valence-corrected chi connectivity index (χ4v) is 1.40. The number of carbonyl (C=O) groups is 2. The predicted molar refractivity (Wildman–Crippen MR) is 75.4 cm³/mol. The second kappa shape index (κ2) is 9.35. The Hall–Kier alpha value is -1.59. The van der Waals surface area contributed by atoms with Gasteiger partial charge in [0.15, 0.2) is 0 Å². The summed E-state index contributed by atoms with van der Waals surface area (Å²) in [6, 6.07) is 6.98. The van der Waals surface area contributed by atoms with Crippen LogP contribution in [-0.2, 0) is 16.1 Å². The molecule has 0 bridgehead atoms. The number of likely N-dealkylation sites (N-methyl/N-ethyl adjacent to an activating group) is 1. The van der Waals surface area contributed by atoms with Crippen LogP contribution in [0.4, 0.5) is 0 Å². The number of hydrogen-bond donors (Lipinski definition) is 2. The van der Waals surface area contributed by atoms with Crippen LogP contribution in [0.1, 0.15) is 22.8 Å². The van der Waals surface area contributed by atoms with Crippen molar-refractivity contribution < 1.29 is 14.3 Å². The van der Waals surface area contributed by atoms with Crippen LogP contribution in [0, 0.1) is 0 Å². The fraction of sp³-hybridized carbons (Fsp3) is 0.385. The zero-order valence-electron chi connectivity index (χ0n) is 11.1. The lowest BCUT2D eigenvalue weighted by atomic mass is 10.1. The molecule has 0 aliphatic heterocycles. The Morgan fingerprint density at radius 3 is 2.37 bits per heavy atom. The number of rotatable bonds is 6. The van der Waals surface area contributed by atoms with E-state index in [-0.39, 0.29) is 24.3 Å². The summed E-state index contributed by atoms with van der Waals surface area (Å²) in [4.78, 5) is 22.6. The Morgan fingerprint density at radius 2 is 1.84 bits per heavy atom. The number of halogens is 1. The zero-order chi connectivity index (χ0) is 13.4.